The lowest BCUT2D eigenvalue weighted by Gasteiger charge is -2.13. The second-order valence-corrected chi connectivity index (χ2v) is 7.62. The van der Waals surface area contributed by atoms with Gasteiger partial charge in [-0.05, 0) is 55.8 Å². The molecule has 4 aromatic rings. The van der Waals surface area contributed by atoms with Gasteiger partial charge in [-0.2, -0.15) is 0 Å². The average Bonchev–Trinajstić information content (AvgIpc) is 2.82. The first-order valence-electron chi connectivity index (χ1n) is 10.6. The van der Waals surface area contributed by atoms with Gasteiger partial charge in [0.15, 0.2) is 0 Å². The number of urea groups is 1. The zero-order valence-corrected chi connectivity index (χ0v) is 18.4. The lowest BCUT2D eigenvalue weighted by molar-refractivity contribution is 0.102. The topological polar surface area (TPSA) is 83.1 Å². The van der Waals surface area contributed by atoms with Gasteiger partial charge in [-0.25, -0.2) is 4.79 Å². The highest BCUT2D eigenvalue weighted by Gasteiger charge is 2.14. The van der Waals surface area contributed by atoms with Gasteiger partial charge >= 0.3 is 6.03 Å². The van der Waals surface area contributed by atoms with E-state index in [-0.39, 0.29) is 11.9 Å². The summed E-state index contributed by atoms with van der Waals surface area (Å²) >= 11 is 0. The lowest BCUT2D eigenvalue weighted by Crippen LogP contribution is -2.20. The number of amides is 3. The second-order valence-electron chi connectivity index (χ2n) is 7.62. The molecule has 0 aliphatic rings. The highest BCUT2D eigenvalue weighted by Crippen LogP contribution is 2.23. The van der Waals surface area contributed by atoms with Crippen molar-refractivity contribution in [3.63, 3.8) is 0 Å². The standard InChI is InChI=1S/C27H24N4O2/c1-18-13-14-22(30-27(33)29-21-11-7-4-8-12-21)17-25(18)31-26(32)23-15-16-24(28-19(23)2)20-9-5-3-6-10-20/h3-17H,1-2H3,(H,31,32)(H2,29,30,33). The Labute approximate surface area is 192 Å². The van der Waals surface area contributed by atoms with Crippen molar-refractivity contribution in [2.24, 2.45) is 0 Å². The van der Waals surface area contributed by atoms with Crippen LogP contribution in [0.25, 0.3) is 11.3 Å². The lowest BCUT2D eigenvalue weighted by atomic mass is 10.1. The fourth-order valence-corrected chi connectivity index (χ4v) is 3.41. The molecule has 3 N–H and O–H groups in total. The molecular formula is C27H24N4O2. The van der Waals surface area contributed by atoms with Gasteiger partial charge in [0, 0.05) is 22.6 Å². The quantitative estimate of drug-likeness (QED) is 0.345. The molecule has 1 aromatic heterocycles. The van der Waals surface area contributed by atoms with Crippen LogP contribution >= 0.6 is 0 Å². The summed E-state index contributed by atoms with van der Waals surface area (Å²) < 4.78 is 0. The number of carbonyl (C=O) groups excluding carboxylic acids is 2. The number of nitrogens with zero attached hydrogens (tertiary/aromatic N) is 1. The predicted molar refractivity (Wildman–Crippen MR) is 133 cm³/mol. The van der Waals surface area contributed by atoms with E-state index in [1.54, 1.807) is 30.3 Å². The van der Waals surface area contributed by atoms with Crippen molar-refractivity contribution in [3.05, 3.63) is 108 Å². The van der Waals surface area contributed by atoms with Crippen molar-refractivity contribution in [2.75, 3.05) is 16.0 Å². The average molecular weight is 437 g/mol. The van der Waals surface area contributed by atoms with Crippen LogP contribution in [0, 0.1) is 13.8 Å². The minimum absolute atomic E-state index is 0.256. The number of pyridine rings is 1. The van der Waals surface area contributed by atoms with Crippen LogP contribution in [0.5, 0.6) is 0 Å². The van der Waals surface area contributed by atoms with E-state index in [1.807, 2.05) is 74.5 Å². The van der Waals surface area contributed by atoms with Gasteiger partial charge in [-0.3, -0.25) is 9.78 Å². The molecule has 0 spiro atoms. The Bertz CT molecular complexity index is 1290. The van der Waals surface area contributed by atoms with Crippen LogP contribution in [0.1, 0.15) is 21.6 Å². The fraction of sp³-hybridized carbons (Fsp3) is 0.0741. The summed E-state index contributed by atoms with van der Waals surface area (Å²) in [5, 5.41) is 8.51. The van der Waals surface area contributed by atoms with E-state index in [2.05, 4.69) is 20.9 Å². The smallest absolute Gasteiger partial charge is 0.322 e. The van der Waals surface area contributed by atoms with Gasteiger partial charge in [-0.15, -0.1) is 0 Å². The van der Waals surface area contributed by atoms with Crippen LogP contribution in [0.2, 0.25) is 0 Å². The molecule has 1 heterocycles. The third kappa shape index (κ3) is 5.43. The Morgan fingerprint density at radius 2 is 1.36 bits per heavy atom. The number of benzene rings is 3. The molecule has 0 saturated carbocycles. The second kappa shape index (κ2) is 9.78. The minimum Gasteiger partial charge on any atom is -0.322 e. The summed E-state index contributed by atoms with van der Waals surface area (Å²) in [6.45, 7) is 3.72. The van der Waals surface area contributed by atoms with Gasteiger partial charge < -0.3 is 16.0 Å². The summed E-state index contributed by atoms with van der Waals surface area (Å²) in [5.41, 5.74) is 5.70. The number of hydrogen-bond donors (Lipinski definition) is 3. The molecule has 6 nitrogen and oxygen atoms in total. The van der Waals surface area contributed by atoms with Crippen LogP contribution < -0.4 is 16.0 Å². The molecule has 4 rings (SSSR count). The first-order chi connectivity index (χ1) is 16.0. The van der Waals surface area contributed by atoms with E-state index in [4.69, 9.17) is 0 Å². The first-order valence-corrected chi connectivity index (χ1v) is 10.6. The van der Waals surface area contributed by atoms with E-state index in [0.29, 0.717) is 28.3 Å². The molecule has 6 heteroatoms. The molecule has 0 unspecified atom stereocenters. The Balaban J connectivity index is 1.47. The summed E-state index contributed by atoms with van der Waals surface area (Å²) in [6, 6.07) is 27.6. The number of rotatable bonds is 5. The van der Waals surface area contributed by atoms with E-state index in [0.717, 1.165) is 16.8 Å². The van der Waals surface area contributed by atoms with Crippen LogP contribution in [0.15, 0.2) is 91.0 Å². The van der Waals surface area contributed by atoms with Crippen molar-refractivity contribution in [1.82, 2.24) is 4.98 Å². The Morgan fingerprint density at radius 3 is 2.06 bits per heavy atom. The van der Waals surface area contributed by atoms with Gasteiger partial charge in [0.1, 0.15) is 0 Å². The largest absolute Gasteiger partial charge is 0.323 e. The number of aryl methyl sites for hydroxylation is 2. The highest BCUT2D eigenvalue weighted by molar-refractivity contribution is 6.06. The molecule has 3 amide bonds. The molecule has 0 aliphatic heterocycles. The molecule has 0 saturated heterocycles. The van der Waals surface area contributed by atoms with Crippen molar-refractivity contribution in [2.45, 2.75) is 13.8 Å². The van der Waals surface area contributed by atoms with Crippen molar-refractivity contribution in [3.8, 4) is 11.3 Å². The maximum atomic E-state index is 13.0. The first kappa shape index (κ1) is 21.8. The fourth-order valence-electron chi connectivity index (χ4n) is 3.41. The van der Waals surface area contributed by atoms with E-state index in [9.17, 15) is 9.59 Å². The number of anilines is 3. The number of hydrogen-bond acceptors (Lipinski definition) is 3. The van der Waals surface area contributed by atoms with Gasteiger partial charge in [0.2, 0.25) is 0 Å². The molecule has 0 bridgehead atoms. The molecule has 33 heavy (non-hydrogen) atoms. The Hall–Kier alpha value is -4.45. The summed E-state index contributed by atoms with van der Waals surface area (Å²) in [7, 11) is 0. The van der Waals surface area contributed by atoms with Crippen molar-refractivity contribution in [1.29, 1.82) is 0 Å². The third-order valence-electron chi connectivity index (χ3n) is 5.18. The summed E-state index contributed by atoms with van der Waals surface area (Å²) in [4.78, 5) is 29.9. The number of nitrogens with one attached hydrogen (secondary N) is 3. The van der Waals surface area contributed by atoms with E-state index >= 15 is 0 Å². The maximum Gasteiger partial charge on any atom is 0.323 e. The molecule has 164 valence electrons. The zero-order valence-electron chi connectivity index (χ0n) is 18.4. The number of para-hydroxylation sites is 1. The van der Waals surface area contributed by atoms with E-state index < -0.39 is 0 Å². The molecule has 0 radical (unpaired) electrons. The number of aromatic nitrogens is 1. The van der Waals surface area contributed by atoms with Crippen molar-refractivity contribution < 1.29 is 9.59 Å². The normalized spacial score (nSPS) is 10.4. The van der Waals surface area contributed by atoms with Crippen LogP contribution in [0.4, 0.5) is 21.9 Å². The minimum atomic E-state index is -0.362. The zero-order chi connectivity index (χ0) is 23.2. The molecular weight excluding hydrogens is 412 g/mol. The van der Waals surface area contributed by atoms with Crippen LogP contribution in [-0.2, 0) is 0 Å². The molecule has 0 atom stereocenters. The molecule has 0 aliphatic carbocycles. The van der Waals surface area contributed by atoms with Crippen LogP contribution in [-0.4, -0.2) is 16.9 Å². The SMILES string of the molecule is Cc1ccc(NC(=O)Nc2ccccc2)cc1NC(=O)c1ccc(-c2ccccc2)nc1C. The molecule has 3 aromatic carbocycles. The van der Waals surface area contributed by atoms with Gasteiger partial charge in [0.05, 0.1) is 17.0 Å². The Kier molecular flexibility index (Phi) is 6.45. The Morgan fingerprint density at radius 1 is 0.697 bits per heavy atom. The van der Waals surface area contributed by atoms with E-state index in [1.165, 1.54) is 0 Å². The van der Waals surface area contributed by atoms with Gasteiger partial charge in [0.25, 0.3) is 5.91 Å². The predicted octanol–water partition coefficient (Wildman–Crippen LogP) is 6.26. The molecule has 0 fully saturated rings. The van der Waals surface area contributed by atoms with Crippen LogP contribution in [0.3, 0.4) is 0 Å². The summed E-state index contributed by atoms with van der Waals surface area (Å²) in [5.74, 6) is -0.256. The third-order valence-corrected chi connectivity index (χ3v) is 5.18. The monoisotopic (exact) mass is 436 g/mol. The number of carbonyl (C=O) groups is 2. The van der Waals surface area contributed by atoms with Crippen molar-refractivity contribution >= 4 is 29.0 Å². The maximum absolute atomic E-state index is 13.0. The summed E-state index contributed by atoms with van der Waals surface area (Å²) in [6.07, 6.45) is 0. The van der Waals surface area contributed by atoms with Gasteiger partial charge in [-0.1, -0.05) is 54.6 Å². The highest BCUT2D eigenvalue weighted by atomic mass is 16.2.